The van der Waals surface area contributed by atoms with Crippen LogP contribution < -0.4 is 15.4 Å². The number of hydrogen-bond donors (Lipinski definition) is 2. The van der Waals surface area contributed by atoms with Gasteiger partial charge in [0.25, 0.3) is 0 Å². The number of aromatic nitrogens is 1. The van der Waals surface area contributed by atoms with E-state index in [1.807, 2.05) is 30.3 Å². The van der Waals surface area contributed by atoms with Crippen LogP contribution in [0.2, 0.25) is 0 Å². The van der Waals surface area contributed by atoms with Crippen LogP contribution in [0.5, 0.6) is 11.6 Å². The molecule has 3 rings (SSSR count). The molecule has 166 valence electrons. The van der Waals surface area contributed by atoms with E-state index in [4.69, 9.17) is 4.74 Å². The van der Waals surface area contributed by atoms with Crippen molar-refractivity contribution in [1.29, 1.82) is 0 Å². The van der Waals surface area contributed by atoms with E-state index in [1.165, 1.54) is 18.2 Å². The first kappa shape index (κ1) is 22.7. The summed E-state index contributed by atoms with van der Waals surface area (Å²) in [5.41, 5.74) is 1.67. The molecule has 0 fully saturated rings. The molecule has 0 aliphatic rings. The zero-order valence-electron chi connectivity index (χ0n) is 17.8. The smallest absolute Gasteiger partial charge is 0.315 e. The van der Waals surface area contributed by atoms with Gasteiger partial charge in [0.05, 0.1) is 0 Å². The lowest BCUT2D eigenvalue weighted by Crippen LogP contribution is -2.37. The predicted molar refractivity (Wildman–Crippen MR) is 118 cm³/mol. The van der Waals surface area contributed by atoms with Gasteiger partial charge in [-0.15, -0.1) is 0 Å². The highest BCUT2D eigenvalue weighted by atomic mass is 19.1. The Morgan fingerprint density at radius 3 is 2.62 bits per heavy atom. The van der Waals surface area contributed by atoms with Crippen LogP contribution in [0.3, 0.4) is 0 Å². The molecule has 1 aromatic heterocycles. The number of hydrogen-bond acceptors (Lipinski definition) is 4. The van der Waals surface area contributed by atoms with E-state index in [2.05, 4.69) is 15.6 Å². The summed E-state index contributed by atoms with van der Waals surface area (Å²) in [5.74, 6) is 0.109. The number of carbonyl (C=O) groups is 2. The average molecular weight is 436 g/mol. The van der Waals surface area contributed by atoms with Gasteiger partial charge in [0.2, 0.25) is 11.8 Å². The molecule has 3 amide bonds. The molecule has 0 bridgehead atoms. The van der Waals surface area contributed by atoms with Crippen molar-refractivity contribution in [3.63, 3.8) is 0 Å². The topological polar surface area (TPSA) is 83.6 Å². The number of urea groups is 1. The second-order valence-electron chi connectivity index (χ2n) is 7.12. The van der Waals surface area contributed by atoms with Gasteiger partial charge in [0.1, 0.15) is 11.6 Å². The molecule has 32 heavy (non-hydrogen) atoms. The molecule has 0 saturated heterocycles. The molecule has 3 aromatic rings. The van der Waals surface area contributed by atoms with E-state index >= 15 is 0 Å². The van der Waals surface area contributed by atoms with E-state index < -0.39 is 11.8 Å². The van der Waals surface area contributed by atoms with Gasteiger partial charge in [-0.05, 0) is 23.8 Å². The zero-order valence-corrected chi connectivity index (χ0v) is 17.8. The van der Waals surface area contributed by atoms with Crippen molar-refractivity contribution in [3.05, 3.63) is 89.9 Å². The molecular formula is C24H25FN4O3. The summed E-state index contributed by atoms with van der Waals surface area (Å²) in [6.45, 7) is 0.886. The summed E-state index contributed by atoms with van der Waals surface area (Å²) >= 11 is 0. The van der Waals surface area contributed by atoms with Gasteiger partial charge in [-0.1, -0.05) is 42.5 Å². The summed E-state index contributed by atoms with van der Waals surface area (Å²) < 4.78 is 19.0. The first-order chi connectivity index (χ1) is 15.5. The average Bonchev–Trinajstić information content (AvgIpc) is 2.79. The summed E-state index contributed by atoms with van der Waals surface area (Å²) in [4.78, 5) is 30.1. The molecule has 0 aliphatic carbocycles. The van der Waals surface area contributed by atoms with Crippen molar-refractivity contribution in [3.8, 4) is 11.6 Å². The Kier molecular flexibility index (Phi) is 8.14. The minimum atomic E-state index is -0.415. The van der Waals surface area contributed by atoms with Crippen LogP contribution in [-0.4, -0.2) is 35.4 Å². The fourth-order valence-electron chi connectivity index (χ4n) is 2.95. The number of nitrogens with zero attached hydrogens (tertiary/aromatic N) is 2. The van der Waals surface area contributed by atoms with Crippen molar-refractivity contribution in [2.24, 2.45) is 0 Å². The molecule has 0 spiro atoms. The predicted octanol–water partition coefficient (Wildman–Crippen LogP) is 3.86. The summed E-state index contributed by atoms with van der Waals surface area (Å²) in [7, 11) is 1.73. The summed E-state index contributed by atoms with van der Waals surface area (Å²) in [6, 6.07) is 18.5. The lowest BCUT2D eigenvalue weighted by Gasteiger charge is -2.17. The van der Waals surface area contributed by atoms with Gasteiger partial charge in [-0.25, -0.2) is 14.2 Å². The SMILES string of the molecule is CN(Cc1ccccc1)C(=O)CCNC(=O)NCc1cccnc1Oc1cccc(F)c1. The van der Waals surface area contributed by atoms with Crippen molar-refractivity contribution in [2.45, 2.75) is 19.5 Å². The molecular weight excluding hydrogens is 411 g/mol. The van der Waals surface area contributed by atoms with Crippen LogP contribution in [0.1, 0.15) is 17.5 Å². The monoisotopic (exact) mass is 436 g/mol. The molecule has 2 N–H and O–H groups in total. The molecule has 0 atom stereocenters. The summed E-state index contributed by atoms with van der Waals surface area (Å²) in [5, 5.41) is 5.38. The number of rotatable bonds is 9. The van der Waals surface area contributed by atoms with Crippen molar-refractivity contribution >= 4 is 11.9 Å². The van der Waals surface area contributed by atoms with Gasteiger partial charge < -0.3 is 20.3 Å². The Morgan fingerprint density at radius 2 is 1.84 bits per heavy atom. The van der Waals surface area contributed by atoms with Gasteiger partial charge >= 0.3 is 6.03 Å². The fraction of sp³-hybridized carbons (Fsp3) is 0.208. The minimum absolute atomic E-state index is 0.0628. The summed E-state index contributed by atoms with van der Waals surface area (Å²) in [6.07, 6.45) is 1.74. The van der Waals surface area contributed by atoms with E-state index in [1.54, 1.807) is 36.3 Å². The number of nitrogens with one attached hydrogen (secondary N) is 2. The van der Waals surface area contributed by atoms with Crippen LogP contribution in [0, 0.1) is 5.82 Å². The van der Waals surface area contributed by atoms with Crippen LogP contribution in [-0.2, 0) is 17.9 Å². The Hall–Kier alpha value is -3.94. The number of ether oxygens (including phenoxy) is 1. The lowest BCUT2D eigenvalue weighted by molar-refractivity contribution is -0.130. The Balaban J connectivity index is 1.43. The van der Waals surface area contributed by atoms with E-state index in [0.717, 1.165) is 5.56 Å². The standard InChI is InChI=1S/C24H25FN4O3/c1-29(17-18-7-3-2-4-8-18)22(30)12-14-27-24(31)28-16-19-9-6-13-26-23(19)32-21-11-5-10-20(25)15-21/h2-11,13,15H,12,14,16-17H2,1H3,(H2,27,28,31). The lowest BCUT2D eigenvalue weighted by atomic mass is 10.2. The second-order valence-corrected chi connectivity index (χ2v) is 7.12. The van der Waals surface area contributed by atoms with Crippen molar-refractivity contribution in [1.82, 2.24) is 20.5 Å². The molecule has 1 heterocycles. The number of carbonyl (C=O) groups excluding carboxylic acids is 2. The van der Waals surface area contributed by atoms with Gasteiger partial charge in [0.15, 0.2) is 0 Å². The van der Waals surface area contributed by atoms with Crippen LogP contribution >= 0.6 is 0 Å². The third kappa shape index (κ3) is 7.09. The molecule has 7 nitrogen and oxygen atoms in total. The maximum absolute atomic E-state index is 13.4. The van der Waals surface area contributed by atoms with E-state index in [9.17, 15) is 14.0 Å². The third-order valence-electron chi connectivity index (χ3n) is 4.61. The minimum Gasteiger partial charge on any atom is -0.439 e. The molecule has 0 aliphatic heterocycles. The van der Waals surface area contributed by atoms with E-state index in [-0.39, 0.29) is 31.3 Å². The molecule has 0 unspecified atom stereocenters. The van der Waals surface area contributed by atoms with E-state index in [0.29, 0.717) is 17.9 Å². The van der Waals surface area contributed by atoms with Crippen LogP contribution in [0.15, 0.2) is 72.9 Å². The number of halogens is 1. The molecule has 8 heteroatoms. The second kappa shape index (κ2) is 11.5. The third-order valence-corrected chi connectivity index (χ3v) is 4.61. The van der Waals surface area contributed by atoms with Crippen molar-refractivity contribution in [2.75, 3.05) is 13.6 Å². The zero-order chi connectivity index (χ0) is 22.8. The normalized spacial score (nSPS) is 10.3. The maximum Gasteiger partial charge on any atom is 0.315 e. The number of amides is 3. The van der Waals surface area contributed by atoms with Gasteiger partial charge in [-0.3, -0.25) is 4.79 Å². The molecule has 2 aromatic carbocycles. The quantitative estimate of drug-likeness (QED) is 0.534. The highest BCUT2D eigenvalue weighted by Crippen LogP contribution is 2.23. The van der Waals surface area contributed by atoms with Crippen molar-refractivity contribution < 1.29 is 18.7 Å². The Labute approximate surface area is 186 Å². The fourth-order valence-corrected chi connectivity index (χ4v) is 2.95. The maximum atomic E-state index is 13.4. The highest BCUT2D eigenvalue weighted by molar-refractivity contribution is 5.78. The largest absolute Gasteiger partial charge is 0.439 e. The molecule has 0 radical (unpaired) electrons. The number of pyridine rings is 1. The van der Waals surface area contributed by atoms with Crippen LogP contribution in [0.25, 0.3) is 0 Å². The Morgan fingerprint density at radius 1 is 1.03 bits per heavy atom. The van der Waals surface area contributed by atoms with Gasteiger partial charge in [-0.2, -0.15) is 0 Å². The number of benzene rings is 2. The Bertz CT molecular complexity index is 1050. The highest BCUT2D eigenvalue weighted by Gasteiger charge is 2.11. The first-order valence-corrected chi connectivity index (χ1v) is 10.2. The van der Waals surface area contributed by atoms with Crippen LogP contribution in [0.4, 0.5) is 9.18 Å². The first-order valence-electron chi connectivity index (χ1n) is 10.2. The molecule has 0 saturated carbocycles. The van der Waals surface area contributed by atoms with Gasteiger partial charge in [0, 0.05) is 50.9 Å².